The SMILES string of the molecule is CC(C)(C)OC(=O)N[C@@H](Cc1ccccc1)C(O)CNCCCCC#N.COc1ccc(S(=O)(=O)N(CCCCC#N)CC(O)[C@H](Cc2ccccc2)NC(=O)OC(C)(C)C)cc1. The number of carbonyl (C=O) groups excluding carboxylic acids is 2. The summed E-state index contributed by atoms with van der Waals surface area (Å²) < 4.78 is 44.1. The number of methoxy groups -OCH3 is 1. The fourth-order valence-electron chi connectivity index (χ4n) is 6.10. The second-order valence-electron chi connectivity index (χ2n) is 17.0. The summed E-state index contributed by atoms with van der Waals surface area (Å²) in [5, 5.41) is 47.8. The summed E-state index contributed by atoms with van der Waals surface area (Å²) in [4.78, 5) is 24.7. The molecule has 0 aliphatic heterocycles. The summed E-state index contributed by atoms with van der Waals surface area (Å²) in [6.07, 6.45) is 1.07. The van der Waals surface area contributed by atoms with E-state index in [0.29, 0.717) is 44.4 Å². The van der Waals surface area contributed by atoms with Crippen LogP contribution in [0.15, 0.2) is 89.8 Å². The quantitative estimate of drug-likeness (QED) is 0.0632. The van der Waals surface area contributed by atoms with Crippen LogP contribution in [0.4, 0.5) is 9.59 Å². The van der Waals surface area contributed by atoms with E-state index in [1.54, 1.807) is 53.7 Å². The smallest absolute Gasteiger partial charge is 0.407 e. The van der Waals surface area contributed by atoms with Crippen LogP contribution in [0.5, 0.6) is 5.75 Å². The molecule has 15 nitrogen and oxygen atoms in total. The number of sulfonamides is 1. The van der Waals surface area contributed by atoms with Gasteiger partial charge in [-0.15, -0.1) is 0 Å². The van der Waals surface area contributed by atoms with Crippen molar-refractivity contribution in [2.24, 2.45) is 0 Å². The number of nitriles is 2. The van der Waals surface area contributed by atoms with E-state index in [1.165, 1.54) is 23.5 Å². The van der Waals surface area contributed by atoms with E-state index in [9.17, 15) is 28.2 Å². The van der Waals surface area contributed by atoms with Crippen molar-refractivity contribution >= 4 is 22.2 Å². The van der Waals surface area contributed by atoms with E-state index in [1.807, 2.05) is 60.7 Å². The molecule has 3 aromatic carbocycles. The summed E-state index contributed by atoms with van der Waals surface area (Å²) in [7, 11) is -2.49. The number of unbranched alkanes of at least 4 members (excludes halogenated alkanes) is 4. The minimum absolute atomic E-state index is 0.0560. The number of hydrogen-bond donors (Lipinski definition) is 5. The molecule has 346 valence electrons. The second-order valence-corrected chi connectivity index (χ2v) is 18.9. The minimum Gasteiger partial charge on any atom is -0.497 e. The molecular formula is C47H68N6O9S. The number of aliphatic hydroxyl groups excluding tert-OH is 2. The molecule has 0 fully saturated rings. The number of benzene rings is 3. The molecule has 0 aliphatic carbocycles. The number of alkyl carbamates (subject to hydrolysis) is 2. The zero-order valence-corrected chi connectivity index (χ0v) is 38.7. The number of aliphatic hydroxyl groups is 2. The predicted octanol–water partition coefficient (Wildman–Crippen LogP) is 6.64. The first-order valence-electron chi connectivity index (χ1n) is 21.3. The Morgan fingerprint density at radius 2 is 1.16 bits per heavy atom. The van der Waals surface area contributed by atoms with Gasteiger partial charge in [0, 0.05) is 32.5 Å². The van der Waals surface area contributed by atoms with E-state index < -0.39 is 57.7 Å². The molecule has 0 saturated heterocycles. The number of amides is 2. The van der Waals surface area contributed by atoms with Crippen molar-refractivity contribution < 1.29 is 42.4 Å². The highest BCUT2D eigenvalue weighted by Crippen LogP contribution is 2.22. The van der Waals surface area contributed by atoms with Gasteiger partial charge in [-0.05, 0) is 122 Å². The Hall–Kier alpha value is -5.23. The van der Waals surface area contributed by atoms with Gasteiger partial charge < -0.3 is 40.4 Å². The van der Waals surface area contributed by atoms with E-state index in [0.717, 1.165) is 30.5 Å². The van der Waals surface area contributed by atoms with Crippen molar-refractivity contribution in [1.29, 1.82) is 10.5 Å². The summed E-state index contributed by atoms with van der Waals surface area (Å²) >= 11 is 0. The van der Waals surface area contributed by atoms with Gasteiger partial charge in [-0.3, -0.25) is 0 Å². The first-order chi connectivity index (χ1) is 29.8. The van der Waals surface area contributed by atoms with Crippen LogP contribution in [0.2, 0.25) is 0 Å². The average molecular weight is 893 g/mol. The van der Waals surface area contributed by atoms with Crippen LogP contribution < -0.4 is 20.7 Å². The summed E-state index contributed by atoms with van der Waals surface area (Å²) in [6.45, 7) is 11.6. The lowest BCUT2D eigenvalue weighted by Gasteiger charge is -2.30. The van der Waals surface area contributed by atoms with Gasteiger partial charge in [-0.1, -0.05) is 60.7 Å². The van der Waals surface area contributed by atoms with Crippen LogP contribution in [-0.4, -0.2) is 104 Å². The lowest BCUT2D eigenvalue weighted by Crippen LogP contribution is -2.51. The van der Waals surface area contributed by atoms with Crippen molar-refractivity contribution in [1.82, 2.24) is 20.3 Å². The molecule has 0 aliphatic rings. The van der Waals surface area contributed by atoms with Gasteiger partial charge in [0.1, 0.15) is 17.0 Å². The number of carbonyl (C=O) groups is 2. The summed E-state index contributed by atoms with van der Waals surface area (Å²) in [6, 6.07) is 27.9. The highest BCUT2D eigenvalue weighted by Gasteiger charge is 2.32. The standard InChI is InChI=1S/C27H37N3O6S.C20H31N3O3/c1-27(2,3)36-26(32)29-24(19-21-11-7-5-8-12-21)25(31)20-30(18-10-6-9-17-28)37(33,34)23-15-13-22(35-4)14-16-23;1-20(2,3)26-19(25)23-17(14-16-10-6-4-7-11-16)18(24)15-22-13-9-5-8-12-21/h5,7-8,11-16,24-25,31H,6,9-10,18-20H2,1-4H3,(H,29,32);4,6-7,10-11,17-18,22,24H,5,8-9,13-15H2,1-3H3,(H,23,25)/t24-,25?;17-,18?/m00/s1. The number of nitrogens with zero attached hydrogens (tertiary/aromatic N) is 3. The van der Waals surface area contributed by atoms with Crippen LogP contribution in [0.3, 0.4) is 0 Å². The maximum absolute atomic E-state index is 13.5. The van der Waals surface area contributed by atoms with Gasteiger partial charge in [0.25, 0.3) is 0 Å². The Labute approximate surface area is 374 Å². The van der Waals surface area contributed by atoms with Gasteiger partial charge in [-0.25, -0.2) is 18.0 Å². The Morgan fingerprint density at radius 3 is 1.60 bits per heavy atom. The van der Waals surface area contributed by atoms with Gasteiger partial charge >= 0.3 is 12.2 Å². The maximum atomic E-state index is 13.5. The van der Waals surface area contributed by atoms with Crippen molar-refractivity contribution in [3.8, 4) is 17.9 Å². The molecule has 2 amide bonds. The second kappa shape index (κ2) is 27.7. The number of ether oxygens (including phenoxy) is 3. The summed E-state index contributed by atoms with van der Waals surface area (Å²) in [5.41, 5.74) is 0.560. The first kappa shape index (κ1) is 53.9. The van der Waals surface area contributed by atoms with E-state index >= 15 is 0 Å². The molecule has 0 radical (unpaired) electrons. The Bertz CT molecular complexity index is 1960. The number of nitrogens with one attached hydrogen (secondary N) is 3. The van der Waals surface area contributed by atoms with E-state index in [-0.39, 0.29) is 24.4 Å². The zero-order chi connectivity index (χ0) is 46.9. The lowest BCUT2D eigenvalue weighted by atomic mass is 10.0. The molecule has 2 unspecified atom stereocenters. The molecule has 0 bridgehead atoms. The molecule has 0 heterocycles. The predicted molar refractivity (Wildman–Crippen MR) is 242 cm³/mol. The monoisotopic (exact) mass is 892 g/mol. The highest BCUT2D eigenvalue weighted by atomic mass is 32.2. The third kappa shape index (κ3) is 22.6. The van der Waals surface area contributed by atoms with Gasteiger partial charge in [0.15, 0.2) is 0 Å². The van der Waals surface area contributed by atoms with Crippen LogP contribution in [-0.2, 0) is 32.3 Å². The zero-order valence-electron chi connectivity index (χ0n) is 37.9. The average Bonchev–Trinajstić information content (AvgIpc) is 3.22. The number of rotatable bonds is 23. The van der Waals surface area contributed by atoms with Crippen LogP contribution in [0.1, 0.15) is 91.2 Å². The van der Waals surface area contributed by atoms with Crippen LogP contribution in [0, 0.1) is 22.7 Å². The van der Waals surface area contributed by atoms with E-state index in [4.69, 9.17) is 24.7 Å². The third-order valence-corrected chi connectivity index (χ3v) is 11.1. The fraction of sp³-hybridized carbons (Fsp3) is 0.532. The topological polar surface area (TPSA) is 223 Å². The van der Waals surface area contributed by atoms with Crippen molar-refractivity contribution in [3.05, 3.63) is 96.1 Å². The molecule has 3 aromatic rings. The highest BCUT2D eigenvalue weighted by molar-refractivity contribution is 7.89. The first-order valence-corrected chi connectivity index (χ1v) is 22.7. The van der Waals surface area contributed by atoms with Gasteiger partial charge in [-0.2, -0.15) is 14.8 Å². The third-order valence-electron chi connectivity index (χ3n) is 9.21. The van der Waals surface area contributed by atoms with Crippen LogP contribution >= 0.6 is 0 Å². The molecule has 5 N–H and O–H groups in total. The Kier molecular flexibility index (Phi) is 23.7. The molecule has 0 spiro atoms. The maximum Gasteiger partial charge on any atom is 0.407 e. The van der Waals surface area contributed by atoms with Crippen molar-refractivity contribution in [3.63, 3.8) is 0 Å². The lowest BCUT2D eigenvalue weighted by molar-refractivity contribution is 0.0399. The largest absolute Gasteiger partial charge is 0.497 e. The summed E-state index contributed by atoms with van der Waals surface area (Å²) in [5.74, 6) is 0.518. The normalized spacial score (nSPS) is 13.5. The molecule has 4 atom stereocenters. The van der Waals surface area contributed by atoms with E-state index in [2.05, 4.69) is 28.1 Å². The van der Waals surface area contributed by atoms with Gasteiger partial charge in [0.2, 0.25) is 10.0 Å². The number of hydrogen-bond acceptors (Lipinski definition) is 12. The van der Waals surface area contributed by atoms with Crippen LogP contribution in [0.25, 0.3) is 0 Å². The van der Waals surface area contributed by atoms with Crippen molar-refractivity contribution in [2.75, 3.05) is 33.3 Å². The molecule has 0 saturated carbocycles. The van der Waals surface area contributed by atoms with Crippen molar-refractivity contribution in [2.45, 2.75) is 133 Å². The fourth-order valence-corrected chi connectivity index (χ4v) is 7.60. The Morgan fingerprint density at radius 1 is 0.698 bits per heavy atom. The molecular weight excluding hydrogens is 825 g/mol. The molecule has 0 aromatic heterocycles. The molecule has 16 heteroatoms. The molecule has 3 rings (SSSR count). The minimum atomic E-state index is -3.98. The Balaban J connectivity index is 0.000000462. The molecule has 63 heavy (non-hydrogen) atoms. The van der Waals surface area contributed by atoms with Gasteiger partial charge in [0.05, 0.1) is 48.4 Å².